The zero-order valence-corrected chi connectivity index (χ0v) is 18.5. The largest absolute Gasteiger partial charge is 0.477 e. The molecule has 3 rings (SSSR count). The van der Waals surface area contributed by atoms with E-state index in [1.165, 1.54) is 52.5 Å². The molecular formula is C21H23N3O7S. The number of nitro groups is 1. The van der Waals surface area contributed by atoms with Gasteiger partial charge in [-0.15, -0.1) is 0 Å². The zero-order chi connectivity index (χ0) is 23.5. The van der Waals surface area contributed by atoms with Gasteiger partial charge in [0.25, 0.3) is 5.91 Å². The lowest BCUT2D eigenvalue weighted by atomic mass is 10.2. The summed E-state index contributed by atoms with van der Waals surface area (Å²) >= 11 is 0. The molecule has 170 valence electrons. The average molecular weight is 461 g/mol. The predicted octanol–water partition coefficient (Wildman–Crippen LogP) is 2.02. The molecule has 11 heteroatoms. The number of sulfonamides is 1. The molecule has 0 radical (unpaired) electrons. The second kappa shape index (κ2) is 9.45. The smallest absolute Gasteiger partial charge is 0.311 e. The van der Waals surface area contributed by atoms with Crippen LogP contribution in [0.4, 0.5) is 5.69 Å². The van der Waals surface area contributed by atoms with Gasteiger partial charge in [0.1, 0.15) is 0 Å². The maximum atomic E-state index is 12.8. The molecule has 0 aliphatic carbocycles. The molecule has 0 atom stereocenters. The Balaban J connectivity index is 1.59. The van der Waals surface area contributed by atoms with Crippen molar-refractivity contribution in [1.29, 1.82) is 0 Å². The molecule has 1 amide bonds. The molecule has 1 aliphatic heterocycles. The lowest BCUT2D eigenvalue weighted by Crippen LogP contribution is -2.51. The Morgan fingerprint density at radius 3 is 2.25 bits per heavy atom. The van der Waals surface area contributed by atoms with Crippen LogP contribution >= 0.6 is 0 Å². The van der Waals surface area contributed by atoms with Crippen LogP contribution in [-0.4, -0.2) is 67.0 Å². The summed E-state index contributed by atoms with van der Waals surface area (Å²) in [5.74, 6) is -0.536. The van der Waals surface area contributed by atoms with E-state index >= 15 is 0 Å². The molecule has 0 aromatic heterocycles. The Bertz CT molecular complexity index is 1140. The SMILES string of the molecule is CC(=O)c1ccc(S(=O)(=O)N2CCN(C(=O)COc3ccc(C)cc3[N+](=O)[O-])CC2)cc1. The highest BCUT2D eigenvalue weighted by Gasteiger charge is 2.30. The number of hydrogen-bond donors (Lipinski definition) is 0. The van der Waals surface area contributed by atoms with Crippen LogP contribution in [0.15, 0.2) is 47.4 Å². The fourth-order valence-electron chi connectivity index (χ4n) is 3.31. The van der Waals surface area contributed by atoms with Gasteiger partial charge in [-0.2, -0.15) is 4.31 Å². The number of carbonyl (C=O) groups is 2. The molecule has 1 heterocycles. The van der Waals surface area contributed by atoms with Crippen molar-refractivity contribution in [2.24, 2.45) is 0 Å². The van der Waals surface area contributed by atoms with E-state index < -0.39 is 14.9 Å². The first-order chi connectivity index (χ1) is 15.1. The summed E-state index contributed by atoms with van der Waals surface area (Å²) in [5, 5.41) is 11.2. The van der Waals surface area contributed by atoms with Crippen LogP contribution in [0.2, 0.25) is 0 Å². The summed E-state index contributed by atoms with van der Waals surface area (Å²) in [4.78, 5) is 36.0. The van der Waals surface area contributed by atoms with Crippen LogP contribution in [0, 0.1) is 17.0 Å². The number of amides is 1. The standard InChI is InChI=1S/C21H23N3O7S/c1-15-3-8-20(19(13-15)24(27)28)31-14-21(26)22-9-11-23(12-10-22)32(29,30)18-6-4-17(5-7-18)16(2)25/h3-8,13H,9-12,14H2,1-2H3. The first-order valence-electron chi connectivity index (χ1n) is 9.86. The number of ketones is 1. The number of carbonyl (C=O) groups excluding carboxylic acids is 2. The van der Waals surface area contributed by atoms with Crippen LogP contribution in [0.5, 0.6) is 5.75 Å². The molecule has 32 heavy (non-hydrogen) atoms. The van der Waals surface area contributed by atoms with Crippen molar-refractivity contribution >= 4 is 27.4 Å². The second-order valence-corrected chi connectivity index (χ2v) is 9.32. The molecule has 1 saturated heterocycles. The molecule has 2 aromatic carbocycles. The highest BCUT2D eigenvalue weighted by molar-refractivity contribution is 7.89. The normalized spacial score (nSPS) is 14.8. The van der Waals surface area contributed by atoms with Gasteiger partial charge in [0.15, 0.2) is 18.1 Å². The Morgan fingerprint density at radius 2 is 1.69 bits per heavy atom. The van der Waals surface area contributed by atoms with E-state index in [4.69, 9.17) is 4.74 Å². The van der Waals surface area contributed by atoms with E-state index in [0.717, 1.165) is 0 Å². The number of benzene rings is 2. The summed E-state index contributed by atoms with van der Waals surface area (Å²) in [6.07, 6.45) is 0. The van der Waals surface area contributed by atoms with E-state index in [0.29, 0.717) is 11.1 Å². The van der Waals surface area contributed by atoms with Gasteiger partial charge in [-0.25, -0.2) is 8.42 Å². The number of aryl methyl sites for hydroxylation is 1. The lowest BCUT2D eigenvalue weighted by Gasteiger charge is -2.34. The monoisotopic (exact) mass is 461 g/mol. The number of Topliss-reactive ketones (excluding diaryl/α,β-unsaturated/α-hetero) is 1. The number of ether oxygens (including phenoxy) is 1. The van der Waals surface area contributed by atoms with Gasteiger partial charge in [-0.3, -0.25) is 19.7 Å². The van der Waals surface area contributed by atoms with Crippen molar-refractivity contribution in [3.8, 4) is 5.75 Å². The van der Waals surface area contributed by atoms with Gasteiger partial charge in [-0.05, 0) is 37.6 Å². The summed E-state index contributed by atoms with van der Waals surface area (Å²) < 4.78 is 32.3. The molecule has 0 saturated carbocycles. The minimum absolute atomic E-state index is 0.00386. The molecule has 0 unspecified atom stereocenters. The maximum absolute atomic E-state index is 12.8. The van der Waals surface area contributed by atoms with Gasteiger partial charge in [0.2, 0.25) is 10.0 Å². The first-order valence-corrected chi connectivity index (χ1v) is 11.3. The molecule has 0 bridgehead atoms. The third kappa shape index (κ3) is 5.11. The maximum Gasteiger partial charge on any atom is 0.311 e. The third-order valence-electron chi connectivity index (χ3n) is 5.15. The van der Waals surface area contributed by atoms with E-state index in [1.54, 1.807) is 13.0 Å². The minimum Gasteiger partial charge on any atom is -0.477 e. The van der Waals surface area contributed by atoms with Gasteiger partial charge in [0.05, 0.1) is 9.82 Å². The predicted molar refractivity (Wildman–Crippen MR) is 115 cm³/mol. The Labute approximate surface area is 185 Å². The minimum atomic E-state index is -3.75. The van der Waals surface area contributed by atoms with Crippen molar-refractivity contribution in [2.75, 3.05) is 32.8 Å². The molecule has 10 nitrogen and oxygen atoms in total. The molecular weight excluding hydrogens is 438 g/mol. The lowest BCUT2D eigenvalue weighted by molar-refractivity contribution is -0.385. The van der Waals surface area contributed by atoms with Crippen LogP contribution in [-0.2, 0) is 14.8 Å². The average Bonchev–Trinajstić information content (AvgIpc) is 2.78. The highest BCUT2D eigenvalue weighted by atomic mass is 32.2. The van der Waals surface area contributed by atoms with Crippen molar-refractivity contribution < 1.29 is 27.7 Å². The summed E-state index contributed by atoms with van der Waals surface area (Å²) in [7, 11) is -3.75. The molecule has 1 aliphatic rings. The molecule has 2 aromatic rings. The quantitative estimate of drug-likeness (QED) is 0.351. The van der Waals surface area contributed by atoms with E-state index in [1.807, 2.05) is 0 Å². The van der Waals surface area contributed by atoms with Gasteiger partial charge in [-0.1, -0.05) is 18.2 Å². The summed E-state index contributed by atoms with van der Waals surface area (Å²) in [6, 6.07) is 10.2. The Hall–Kier alpha value is -3.31. The second-order valence-electron chi connectivity index (χ2n) is 7.38. The third-order valence-corrected chi connectivity index (χ3v) is 7.07. The Kier molecular flexibility index (Phi) is 6.90. The number of hydrogen-bond acceptors (Lipinski definition) is 7. The van der Waals surface area contributed by atoms with E-state index in [9.17, 15) is 28.1 Å². The topological polar surface area (TPSA) is 127 Å². The van der Waals surface area contributed by atoms with E-state index in [-0.39, 0.29) is 60.8 Å². The van der Waals surface area contributed by atoms with Crippen LogP contribution in [0.3, 0.4) is 0 Å². The molecule has 0 spiro atoms. The highest BCUT2D eigenvalue weighted by Crippen LogP contribution is 2.27. The zero-order valence-electron chi connectivity index (χ0n) is 17.7. The number of piperazine rings is 1. The molecule has 1 fully saturated rings. The van der Waals surface area contributed by atoms with Gasteiger partial charge < -0.3 is 9.64 Å². The van der Waals surface area contributed by atoms with Crippen LogP contribution in [0.25, 0.3) is 0 Å². The fourth-order valence-corrected chi connectivity index (χ4v) is 4.73. The molecule has 0 N–H and O–H groups in total. The Morgan fingerprint density at radius 1 is 1.06 bits per heavy atom. The first kappa shape index (κ1) is 23.4. The summed E-state index contributed by atoms with van der Waals surface area (Å²) in [5.41, 5.74) is 0.904. The van der Waals surface area contributed by atoms with Crippen LogP contribution in [0.1, 0.15) is 22.8 Å². The van der Waals surface area contributed by atoms with E-state index in [2.05, 4.69) is 0 Å². The van der Waals surface area contributed by atoms with Crippen LogP contribution < -0.4 is 4.74 Å². The number of nitrogens with zero attached hydrogens (tertiary/aromatic N) is 3. The number of rotatable bonds is 7. The number of nitro benzene ring substituents is 1. The fraction of sp³-hybridized carbons (Fsp3) is 0.333. The van der Waals surface area contributed by atoms with Gasteiger partial charge in [0, 0.05) is 37.8 Å². The van der Waals surface area contributed by atoms with Gasteiger partial charge >= 0.3 is 5.69 Å². The van der Waals surface area contributed by atoms with Crippen molar-refractivity contribution in [3.05, 3.63) is 63.7 Å². The van der Waals surface area contributed by atoms with Crippen molar-refractivity contribution in [3.63, 3.8) is 0 Å². The summed E-state index contributed by atoms with van der Waals surface area (Å²) in [6.45, 7) is 3.28. The van der Waals surface area contributed by atoms with Crippen molar-refractivity contribution in [2.45, 2.75) is 18.7 Å². The van der Waals surface area contributed by atoms with Crippen molar-refractivity contribution in [1.82, 2.24) is 9.21 Å².